The minimum atomic E-state index is -2.10. The van der Waals surface area contributed by atoms with E-state index in [-0.39, 0.29) is 44.1 Å². The van der Waals surface area contributed by atoms with E-state index in [0.29, 0.717) is 40.4 Å². The highest BCUT2D eigenvalue weighted by Gasteiger charge is 2.76. The zero-order chi connectivity index (χ0) is 52.4. The normalized spacial score (nSPS) is 21.9. The summed E-state index contributed by atoms with van der Waals surface area (Å²) in [5.74, 6) is 3.81. The van der Waals surface area contributed by atoms with Crippen molar-refractivity contribution in [1.29, 1.82) is 0 Å². The minimum Gasteiger partial charge on any atom is -0.493 e. The fraction of sp³-hybridized carbons (Fsp3) is 0.271. The molecule has 0 aromatic heterocycles. The van der Waals surface area contributed by atoms with E-state index in [4.69, 9.17) is 24.7 Å². The van der Waals surface area contributed by atoms with Gasteiger partial charge in [-0.15, -0.1) is 0 Å². The van der Waals surface area contributed by atoms with Gasteiger partial charge in [-0.25, -0.2) is 14.5 Å². The lowest BCUT2D eigenvalue weighted by atomic mass is 9.64. The number of fused-ring (bicyclic) bond motifs is 4. The number of aliphatic hydroxyl groups is 1. The molecule has 382 valence electrons. The number of hydrogen-bond donors (Lipinski definition) is 4. The standard InChI is InChI=1S/C59H56N6O10/c1-36(38-16-7-4-8-17-38)62-58(71)64-46-25-24-37(15-14-27-61-57(60)70)31-45(46)59(56(64)69)49(54(67)63-28-26-41-33-47(72-2)48(73-3)34-43(41)35-63)51-55(68)75-52(40-20-11-6-12-21-40)50(39-18-9-5-10-19-39)65(51)53(59)42-22-13-23-44(32-42)74-30-29-66/h4-13,16-25,31-34,36,49-53,66H,26-30,35H2,1-3H3,(H,62,71)(H3,60,61,70)/t36-,49-,50-,51-,52+,53+,59-/m1/s1. The zero-order valence-corrected chi connectivity index (χ0v) is 41.6. The molecule has 4 aliphatic rings. The molecule has 0 radical (unpaired) electrons. The van der Waals surface area contributed by atoms with Gasteiger partial charge in [0.25, 0.3) is 0 Å². The Balaban J connectivity index is 1.26. The Hall–Kier alpha value is -8.65. The third-order valence-corrected chi connectivity index (χ3v) is 14.7. The summed E-state index contributed by atoms with van der Waals surface area (Å²) in [5.41, 5.74) is 8.52. The molecule has 6 aromatic rings. The molecule has 0 saturated carbocycles. The van der Waals surface area contributed by atoms with Gasteiger partial charge in [0.1, 0.15) is 29.9 Å². The van der Waals surface area contributed by atoms with Crippen LogP contribution in [0.4, 0.5) is 15.3 Å². The maximum Gasteiger partial charge on any atom is 0.329 e. The number of cyclic esters (lactones) is 1. The van der Waals surface area contributed by atoms with Crippen LogP contribution in [0.3, 0.4) is 0 Å². The van der Waals surface area contributed by atoms with Crippen LogP contribution >= 0.6 is 0 Å². The van der Waals surface area contributed by atoms with Crippen LogP contribution in [0, 0.1) is 17.8 Å². The van der Waals surface area contributed by atoms with Gasteiger partial charge >= 0.3 is 18.0 Å². The van der Waals surface area contributed by atoms with Crippen molar-refractivity contribution in [3.63, 3.8) is 0 Å². The first kappa shape index (κ1) is 49.9. The van der Waals surface area contributed by atoms with E-state index >= 15 is 19.2 Å². The lowest BCUT2D eigenvalue weighted by molar-refractivity contribution is -0.179. The summed E-state index contributed by atoms with van der Waals surface area (Å²) in [7, 11) is 3.10. The van der Waals surface area contributed by atoms with Crippen LogP contribution in [0.1, 0.15) is 75.7 Å². The molecule has 75 heavy (non-hydrogen) atoms. The summed E-state index contributed by atoms with van der Waals surface area (Å²) in [4.78, 5) is 81.0. The maximum atomic E-state index is 17.0. The van der Waals surface area contributed by atoms with E-state index in [1.165, 1.54) is 7.11 Å². The number of aliphatic hydroxyl groups excluding tert-OH is 1. The lowest BCUT2D eigenvalue weighted by Gasteiger charge is -2.46. The molecular formula is C59H56N6O10. The predicted molar refractivity (Wildman–Crippen MR) is 277 cm³/mol. The van der Waals surface area contributed by atoms with Crippen LogP contribution in [0.5, 0.6) is 17.2 Å². The van der Waals surface area contributed by atoms with Crippen LogP contribution in [0.2, 0.25) is 0 Å². The molecule has 10 rings (SSSR count). The molecule has 1 spiro atoms. The average molecular weight is 1010 g/mol. The molecule has 5 N–H and O–H groups in total. The molecule has 0 aliphatic carbocycles. The van der Waals surface area contributed by atoms with Crippen molar-refractivity contribution in [2.24, 2.45) is 11.7 Å². The second-order valence-corrected chi connectivity index (χ2v) is 18.9. The van der Waals surface area contributed by atoms with Gasteiger partial charge in [0, 0.05) is 18.7 Å². The number of nitrogens with one attached hydrogen (secondary N) is 2. The number of hydrogen-bond acceptors (Lipinski definition) is 11. The van der Waals surface area contributed by atoms with E-state index in [0.717, 1.165) is 27.2 Å². The van der Waals surface area contributed by atoms with Gasteiger partial charge in [0.2, 0.25) is 11.8 Å². The van der Waals surface area contributed by atoms with E-state index in [9.17, 15) is 9.90 Å². The van der Waals surface area contributed by atoms with E-state index in [1.54, 1.807) is 48.4 Å². The number of benzene rings is 6. The van der Waals surface area contributed by atoms with Crippen LogP contribution < -0.4 is 35.5 Å². The highest BCUT2D eigenvalue weighted by atomic mass is 16.6. The van der Waals surface area contributed by atoms with Gasteiger partial charge in [0.05, 0.1) is 57.1 Å². The Morgan fingerprint density at radius 3 is 2.16 bits per heavy atom. The molecule has 6 aromatic carbocycles. The van der Waals surface area contributed by atoms with Gasteiger partial charge in [0.15, 0.2) is 11.5 Å². The summed E-state index contributed by atoms with van der Waals surface area (Å²) < 4.78 is 24.1. The van der Waals surface area contributed by atoms with Crippen molar-refractivity contribution >= 4 is 35.5 Å². The summed E-state index contributed by atoms with van der Waals surface area (Å²) in [5, 5.41) is 15.5. The van der Waals surface area contributed by atoms with Gasteiger partial charge in [-0.05, 0) is 94.8 Å². The van der Waals surface area contributed by atoms with Crippen LogP contribution in [0.25, 0.3) is 0 Å². The van der Waals surface area contributed by atoms with E-state index in [1.807, 2.05) is 121 Å². The van der Waals surface area contributed by atoms with Crippen molar-refractivity contribution < 1.29 is 48.0 Å². The SMILES string of the molecule is COc1cc2c(cc1OC)CN(C(=O)[C@H]1[C@@H]3C(=O)O[C@@H](c4ccccc4)[C@@H](c4ccccc4)N3[C@@H](c3cccc(OCCO)c3)[C@]13C(=O)N(C(=O)N[C@H](C)c1ccccc1)c1ccc(C#CCNC(N)=O)cc13)CC2. The largest absolute Gasteiger partial charge is 0.493 e. The topological polar surface area (TPSA) is 202 Å². The summed E-state index contributed by atoms with van der Waals surface area (Å²) in [6.07, 6.45) is -0.549. The molecule has 2 fully saturated rings. The number of urea groups is 2. The van der Waals surface area contributed by atoms with Gasteiger partial charge in [-0.1, -0.05) is 115 Å². The number of primary amides is 1. The van der Waals surface area contributed by atoms with Crippen molar-refractivity contribution in [2.45, 2.75) is 55.6 Å². The number of anilines is 1. The molecule has 6 amide bonds. The van der Waals surface area contributed by atoms with E-state index in [2.05, 4.69) is 22.5 Å². The smallest absolute Gasteiger partial charge is 0.329 e. The van der Waals surface area contributed by atoms with Crippen molar-refractivity contribution in [1.82, 2.24) is 20.4 Å². The number of esters is 1. The summed E-state index contributed by atoms with van der Waals surface area (Å²) in [6, 6.07) is 38.4. The summed E-state index contributed by atoms with van der Waals surface area (Å²) >= 11 is 0. The molecule has 16 nitrogen and oxygen atoms in total. The minimum absolute atomic E-state index is 0.0448. The number of rotatable bonds is 12. The van der Waals surface area contributed by atoms with Crippen LogP contribution in [0.15, 0.2) is 146 Å². The lowest BCUT2D eigenvalue weighted by Crippen LogP contribution is -2.57. The number of nitrogens with zero attached hydrogens (tertiary/aromatic N) is 3. The Labute approximate surface area is 434 Å². The second kappa shape index (κ2) is 21.1. The fourth-order valence-electron chi connectivity index (χ4n) is 11.5. The first-order valence-electron chi connectivity index (χ1n) is 24.8. The van der Waals surface area contributed by atoms with Crippen LogP contribution in [-0.2, 0) is 37.5 Å². The number of ether oxygens (including phenoxy) is 4. The zero-order valence-electron chi connectivity index (χ0n) is 41.6. The fourth-order valence-corrected chi connectivity index (χ4v) is 11.5. The number of methoxy groups -OCH3 is 2. The van der Waals surface area contributed by atoms with Crippen molar-refractivity contribution in [2.75, 3.05) is 45.4 Å². The molecule has 4 heterocycles. The first-order chi connectivity index (χ1) is 36.5. The third kappa shape index (κ3) is 9.04. The molecule has 0 unspecified atom stereocenters. The molecule has 2 saturated heterocycles. The number of carbonyl (C=O) groups is 5. The Morgan fingerprint density at radius 2 is 1.48 bits per heavy atom. The Bertz CT molecular complexity index is 3220. The number of carbonyl (C=O) groups excluding carboxylic acids is 5. The maximum absolute atomic E-state index is 17.0. The molecule has 0 bridgehead atoms. The highest BCUT2D eigenvalue weighted by Crippen LogP contribution is 2.66. The quantitative estimate of drug-likeness (QED) is 0.0741. The monoisotopic (exact) mass is 1010 g/mol. The highest BCUT2D eigenvalue weighted by molar-refractivity contribution is 6.24. The first-order valence-corrected chi connectivity index (χ1v) is 24.8. The van der Waals surface area contributed by atoms with Crippen molar-refractivity contribution in [3.05, 3.63) is 190 Å². The Kier molecular flexibility index (Phi) is 14.0. The van der Waals surface area contributed by atoms with Crippen molar-refractivity contribution in [3.8, 4) is 29.1 Å². The number of morpholine rings is 1. The number of nitrogens with two attached hydrogens (primary N) is 1. The Morgan fingerprint density at radius 1 is 0.813 bits per heavy atom. The molecule has 7 atom stereocenters. The second-order valence-electron chi connectivity index (χ2n) is 18.9. The molecule has 4 aliphatic heterocycles. The molecule has 16 heteroatoms. The predicted octanol–water partition coefficient (Wildman–Crippen LogP) is 6.82. The van der Waals surface area contributed by atoms with Gasteiger partial charge in [-0.3, -0.25) is 19.3 Å². The summed E-state index contributed by atoms with van der Waals surface area (Å²) in [6.45, 7) is 1.69. The van der Waals surface area contributed by atoms with Gasteiger partial charge < -0.3 is 45.3 Å². The third-order valence-electron chi connectivity index (χ3n) is 14.7. The van der Waals surface area contributed by atoms with Gasteiger partial charge in [-0.2, -0.15) is 0 Å². The number of imide groups is 1. The average Bonchev–Trinajstić information content (AvgIpc) is 3.94. The number of amides is 6. The van der Waals surface area contributed by atoms with E-state index < -0.39 is 71.5 Å². The molecular weight excluding hydrogens is 953 g/mol. The van der Waals surface area contributed by atoms with Crippen LogP contribution in [-0.4, -0.2) is 91.3 Å².